The van der Waals surface area contributed by atoms with Gasteiger partial charge in [-0.1, -0.05) is 11.6 Å². The summed E-state index contributed by atoms with van der Waals surface area (Å²) in [6.07, 6.45) is 1.29. The second-order valence-electron chi connectivity index (χ2n) is 3.58. The summed E-state index contributed by atoms with van der Waals surface area (Å²) in [6.45, 7) is 1.77. The number of hydrogen-bond acceptors (Lipinski definition) is 3. The van der Waals surface area contributed by atoms with Gasteiger partial charge >= 0.3 is 5.97 Å². The fourth-order valence-corrected chi connectivity index (χ4v) is 1.36. The summed E-state index contributed by atoms with van der Waals surface area (Å²) in [5, 5.41) is 11.6. The number of aliphatic carboxylic acids is 1. The maximum absolute atomic E-state index is 11.4. The van der Waals surface area contributed by atoms with Crippen LogP contribution in [0.5, 0.6) is 0 Å². The summed E-state index contributed by atoms with van der Waals surface area (Å²) in [5.41, 5.74) is 0.679. The summed E-state index contributed by atoms with van der Waals surface area (Å²) in [7, 11) is 0. The molecule has 92 valence electrons. The molecule has 1 atom stereocenters. The number of nitrogens with one attached hydrogen (secondary N) is 1. The van der Waals surface area contributed by atoms with E-state index in [1.807, 2.05) is 0 Å². The molecule has 2 N–H and O–H groups in total. The van der Waals surface area contributed by atoms with E-state index >= 15 is 0 Å². The Bertz CT molecular complexity index is 406. The molecule has 0 bridgehead atoms. The van der Waals surface area contributed by atoms with Crippen LogP contribution >= 0.6 is 11.6 Å². The van der Waals surface area contributed by atoms with E-state index < -0.39 is 5.97 Å². The van der Waals surface area contributed by atoms with Gasteiger partial charge in [-0.15, -0.1) is 0 Å². The van der Waals surface area contributed by atoms with Crippen molar-refractivity contribution in [2.45, 2.75) is 25.8 Å². The van der Waals surface area contributed by atoms with Crippen molar-refractivity contribution < 1.29 is 14.7 Å². The molecule has 17 heavy (non-hydrogen) atoms. The van der Waals surface area contributed by atoms with Crippen molar-refractivity contribution in [3.63, 3.8) is 0 Å². The maximum Gasteiger partial charge on any atom is 0.303 e. The molecule has 6 heteroatoms. The Labute approximate surface area is 104 Å². The van der Waals surface area contributed by atoms with Crippen molar-refractivity contribution in [3.8, 4) is 0 Å². The van der Waals surface area contributed by atoms with Gasteiger partial charge < -0.3 is 10.4 Å². The Morgan fingerprint density at radius 1 is 1.47 bits per heavy atom. The first-order chi connectivity index (χ1) is 7.99. The first kappa shape index (κ1) is 13.4. The second kappa shape index (κ2) is 6.20. The maximum atomic E-state index is 11.4. The highest BCUT2D eigenvalue weighted by Crippen LogP contribution is 2.12. The van der Waals surface area contributed by atoms with Crippen LogP contribution in [0, 0.1) is 0 Å². The summed E-state index contributed by atoms with van der Waals surface area (Å²) in [6, 6.07) is 3.13. The SMILES string of the molecule is C[C@@H](NC(=O)CCC(=O)O)c1ccc(Cl)cn1. The van der Waals surface area contributed by atoms with Crippen LogP contribution in [-0.4, -0.2) is 22.0 Å². The predicted molar refractivity (Wildman–Crippen MR) is 62.7 cm³/mol. The Kier molecular flexibility index (Phi) is 4.90. The molecule has 1 rings (SSSR count). The molecule has 0 saturated heterocycles. The van der Waals surface area contributed by atoms with Gasteiger partial charge in [-0.05, 0) is 19.1 Å². The number of nitrogens with zero attached hydrogens (tertiary/aromatic N) is 1. The van der Waals surface area contributed by atoms with Crippen LogP contribution in [0.25, 0.3) is 0 Å². The van der Waals surface area contributed by atoms with Crippen LogP contribution in [0.4, 0.5) is 0 Å². The number of hydrogen-bond donors (Lipinski definition) is 2. The zero-order valence-corrected chi connectivity index (χ0v) is 10.1. The lowest BCUT2D eigenvalue weighted by molar-refractivity contribution is -0.138. The zero-order valence-electron chi connectivity index (χ0n) is 9.31. The smallest absolute Gasteiger partial charge is 0.303 e. The van der Waals surface area contributed by atoms with Gasteiger partial charge in [0.25, 0.3) is 0 Å². The van der Waals surface area contributed by atoms with E-state index in [1.54, 1.807) is 19.1 Å². The molecular formula is C11H13ClN2O3. The lowest BCUT2D eigenvalue weighted by Gasteiger charge is -2.12. The van der Waals surface area contributed by atoms with Crippen molar-refractivity contribution in [2.75, 3.05) is 0 Å². The third-order valence-corrected chi connectivity index (χ3v) is 2.36. The molecule has 1 aromatic heterocycles. The van der Waals surface area contributed by atoms with Crippen molar-refractivity contribution in [3.05, 3.63) is 29.0 Å². The van der Waals surface area contributed by atoms with E-state index in [0.29, 0.717) is 10.7 Å². The number of aromatic nitrogens is 1. The minimum Gasteiger partial charge on any atom is -0.481 e. The number of amides is 1. The van der Waals surface area contributed by atoms with Gasteiger partial charge in [0.1, 0.15) is 0 Å². The fraction of sp³-hybridized carbons (Fsp3) is 0.364. The number of carbonyl (C=O) groups excluding carboxylic acids is 1. The van der Waals surface area contributed by atoms with E-state index in [0.717, 1.165) is 0 Å². The van der Waals surface area contributed by atoms with Gasteiger partial charge in [0.05, 0.1) is 23.2 Å². The van der Waals surface area contributed by atoms with E-state index in [-0.39, 0.29) is 24.8 Å². The van der Waals surface area contributed by atoms with Gasteiger partial charge in [0, 0.05) is 12.6 Å². The Hall–Kier alpha value is -1.62. The van der Waals surface area contributed by atoms with E-state index in [9.17, 15) is 9.59 Å². The lowest BCUT2D eigenvalue weighted by atomic mass is 10.2. The molecule has 1 amide bonds. The van der Waals surface area contributed by atoms with Crippen LogP contribution in [0.15, 0.2) is 18.3 Å². The van der Waals surface area contributed by atoms with Crippen molar-refractivity contribution in [2.24, 2.45) is 0 Å². The van der Waals surface area contributed by atoms with Crippen LogP contribution in [-0.2, 0) is 9.59 Å². The van der Waals surface area contributed by atoms with Gasteiger partial charge in [-0.2, -0.15) is 0 Å². The zero-order chi connectivity index (χ0) is 12.8. The van der Waals surface area contributed by atoms with Gasteiger partial charge in [-0.25, -0.2) is 0 Å². The van der Waals surface area contributed by atoms with Crippen LogP contribution in [0.3, 0.4) is 0 Å². The molecule has 0 fully saturated rings. The average Bonchev–Trinajstić information content (AvgIpc) is 2.27. The molecule has 0 aliphatic carbocycles. The molecule has 0 aliphatic rings. The first-order valence-corrected chi connectivity index (χ1v) is 5.49. The Morgan fingerprint density at radius 3 is 2.71 bits per heavy atom. The topological polar surface area (TPSA) is 79.3 Å². The van der Waals surface area contributed by atoms with Crippen molar-refractivity contribution >= 4 is 23.5 Å². The Morgan fingerprint density at radius 2 is 2.18 bits per heavy atom. The molecular weight excluding hydrogens is 244 g/mol. The van der Waals surface area contributed by atoms with E-state index in [1.165, 1.54) is 6.20 Å². The van der Waals surface area contributed by atoms with Crippen LogP contribution < -0.4 is 5.32 Å². The minimum atomic E-state index is -0.988. The highest BCUT2D eigenvalue weighted by atomic mass is 35.5. The summed E-state index contributed by atoms with van der Waals surface area (Å²) in [5.74, 6) is -1.30. The fourth-order valence-electron chi connectivity index (χ4n) is 1.25. The molecule has 0 saturated carbocycles. The predicted octanol–water partition coefficient (Wildman–Crippen LogP) is 1.78. The number of rotatable bonds is 5. The molecule has 5 nitrogen and oxygen atoms in total. The van der Waals surface area contributed by atoms with Gasteiger partial charge in [0.15, 0.2) is 0 Å². The lowest BCUT2D eigenvalue weighted by Crippen LogP contribution is -2.27. The molecule has 0 aromatic carbocycles. The van der Waals surface area contributed by atoms with Gasteiger partial charge in [-0.3, -0.25) is 14.6 Å². The summed E-state index contributed by atoms with van der Waals surface area (Å²) in [4.78, 5) is 25.7. The minimum absolute atomic E-state index is 0.0345. The third kappa shape index (κ3) is 4.82. The van der Waals surface area contributed by atoms with E-state index in [4.69, 9.17) is 16.7 Å². The first-order valence-electron chi connectivity index (χ1n) is 5.11. The molecule has 1 aromatic rings. The number of carboxylic acids is 1. The summed E-state index contributed by atoms with van der Waals surface area (Å²) < 4.78 is 0. The average molecular weight is 257 g/mol. The quantitative estimate of drug-likeness (QED) is 0.842. The van der Waals surface area contributed by atoms with Crippen LogP contribution in [0.1, 0.15) is 31.5 Å². The van der Waals surface area contributed by atoms with Crippen LogP contribution in [0.2, 0.25) is 5.02 Å². The number of carboxylic acid groups (broad SMARTS) is 1. The van der Waals surface area contributed by atoms with Crippen molar-refractivity contribution in [1.82, 2.24) is 10.3 Å². The summed E-state index contributed by atoms with van der Waals surface area (Å²) >= 11 is 5.69. The molecule has 0 radical (unpaired) electrons. The monoisotopic (exact) mass is 256 g/mol. The molecule has 0 aliphatic heterocycles. The highest BCUT2D eigenvalue weighted by Gasteiger charge is 2.11. The molecule has 0 spiro atoms. The van der Waals surface area contributed by atoms with E-state index in [2.05, 4.69) is 10.3 Å². The molecule has 0 unspecified atom stereocenters. The molecule has 1 heterocycles. The highest BCUT2D eigenvalue weighted by molar-refractivity contribution is 6.30. The number of carbonyl (C=O) groups is 2. The Balaban J connectivity index is 2.48. The number of pyridine rings is 1. The standard InChI is InChI=1S/C11H13ClN2O3/c1-7(9-3-2-8(12)6-13-9)14-10(15)4-5-11(16)17/h2-3,6-7H,4-5H2,1H3,(H,14,15)(H,16,17)/t7-/m1/s1. The second-order valence-corrected chi connectivity index (χ2v) is 4.02. The number of halogens is 1. The van der Waals surface area contributed by atoms with Gasteiger partial charge in [0.2, 0.25) is 5.91 Å². The largest absolute Gasteiger partial charge is 0.481 e. The normalized spacial score (nSPS) is 11.9. The third-order valence-electron chi connectivity index (χ3n) is 2.14. The van der Waals surface area contributed by atoms with Crippen molar-refractivity contribution in [1.29, 1.82) is 0 Å².